The lowest BCUT2D eigenvalue weighted by molar-refractivity contribution is -0.0773. The molecular formula is C15H17F2NO2. The SMILES string of the molecule is Fc1ccc([C@]23CO[C@@H](C4CC4)C[C@H]2CON3)c(F)c1. The number of fused-ring (bicyclic) bond motifs is 1. The third-order valence-electron chi connectivity index (χ3n) is 4.84. The van der Waals surface area contributed by atoms with Gasteiger partial charge in [-0.05, 0) is 31.2 Å². The highest BCUT2D eigenvalue weighted by molar-refractivity contribution is 5.29. The van der Waals surface area contributed by atoms with Crippen molar-refractivity contribution in [2.45, 2.75) is 30.9 Å². The fourth-order valence-corrected chi connectivity index (χ4v) is 3.50. The predicted octanol–water partition coefficient (Wildman–Crippen LogP) is 2.51. The normalized spacial score (nSPS) is 36.9. The summed E-state index contributed by atoms with van der Waals surface area (Å²) in [5, 5.41) is 0. The Balaban J connectivity index is 1.67. The van der Waals surface area contributed by atoms with Crippen LogP contribution in [-0.2, 0) is 15.1 Å². The number of nitrogens with one attached hydrogen (secondary N) is 1. The van der Waals surface area contributed by atoms with Crippen LogP contribution in [0.2, 0.25) is 0 Å². The van der Waals surface area contributed by atoms with E-state index in [0.29, 0.717) is 24.7 Å². The van der Waals surface area contributed by atoms with Crippen LogP contribution in [0.4, 0.5) is 8.78 Å². The predicted molar refractivity (Wildman–Crippen MR) is 67.7 cm³/mol. The van der Waals surface area contributed by atoms with Crippen LogP contribution < -0.4 is 5.48 Å². The van der Waals surface area contributed by atoms with Crippen molar-refractivity contribution in [2.75, 3.05) is 13.2 Å². The lowest BCUT2D eigenvalue weighted by Crippen LogP contribution is -2.52. The Bertz CT molecular complexity index is 535. The maximum absolute atomic E-state index is 14.1. The smallest absolute Gasteiger partial charge is 0.131 e. The first-order valence-corrected chi connectivity index (χ1v) is 7.15. The molecule has 3 atom stereocenters. The van der Waals surface area contributed by atoms with E-state index in [-0.39, 0.29) is 12.0 Å². The van der Waals surface area contributed by atoms with Crippen molar-refractivity contribution in [1.82, 2.24) is 5.48 Å². The lowest BCUT2D eigenvalue weighted by Gasteiger charge is -2.41. The van der Waals surface area contributed by atoms with Gasteiger partial charge in [0.25, 0.3) is 0 Å². The molecule has 1 aromatic rings. The molecule has 0 bridgehead atoms. The largest absolute Gasteiger partial charge is 0.376 e. The fourth-order valence-electron chi connectivity index (χ4n) is 3.50. The van der Waals surface area contributed by atoms with Crippen LogP contribution >= 0.6 is 0 Å². The Labute approximate surface area is 116 Å². The van der Waals surface area contributed by atoms with Crippen molar-refractivity contribution >= 4 is 0 Å². The van der Waals surface area contributed by atoms with Gasteiger partial charge in [0, 0.05) is 17.5 Å². The molecule has 1 aliphatic carbocycles. The molecule has 3 nitrogen and oxygen atoms in total. The molecule has 3 aliphatic rings. The number of benzene rings is 1. The van der Waals surface area contributed by atoms with Gasteiger partial charge in [0.15, 0.2) is 0 Å². The molecular weight excluding hydrogens is 264 g/mol. The molecule has 2 heterocycles. The van der Waals surface area contributed by atoms with Crippen LogP contribution in [0.1, 0.15) is 24.8 Å². The first kappa shape index (κ1) is 12.7. The molecule has 0 spiro atoms. The Hall–Kier alpha value is -1.04. The van der Waals surface area contributed by atoms with Gasteiger partial charge in [-0.2, -0.15) is 5.48 Å². The third kappa shape index (κ3) is 1.88. The van der Waals surface area contributed by atoms with Gasteiger partial charge in [0.1, 0.15) is 11.6 Å². The number of rotatable bonds is 2. The quantitative estimate of drug-likeness (QED) is 0.903. The summed E-state index contributed by atoms with van der Waals surface area (Å²) in [6.07, 6.45) is 3.59. The van der Waals surface area contributed by atoms with Crippen LogP contribution in [0.15, 0.2) is 18.2 Å². The zero-order valence-corrected chi connectivity index (χ0v) is 11.1. The van der Waals surface area contributed by atoms with Crippen LogP contribution in [0, 0.1) is 23.5 Å². The van der Waals surface area contributed by atoms with Gasteiger partial charge in [-0.25, -0.2) is 8.78 Å². The minimum Gasteiger partial charge on any atom is -0.376 e. The van der Waals surface area contributed by atoms with Crippen molar-refractivity contribution in [2.24, 2.45) is 11.8 Å². The average Bonchev–Trinajstić information content (AvgIpc) is 3.18. The molecule has 1 N–H and O–H groups in total. The van der Waals surface area contributed by atoms with E-state index in [4.69, 9.17) is 9.57 Å². The lowest BCUT2D eigenvalue weighted by atomic mass is 9.75. The van der Waals surface area contributed by atoms with Gasteiger partial charge in [0.2, 0.25) is 0 Å². The van der Waals surface area contributed by atoms with Gasteiger partial charge in [0.05, 0.1) is 24.9 Å². The molecule has 0 amide bonds. The summed E-state index contributed by atoms with van der Waals surface area (Å²) >= 11 is 0. The summed E-state index contributed by atoms with van der Waals surface area (Å²) in [6, 6.07) is 3.71. The molecule has 20 heavy (non-hydrogen) atoms. The molecule has 3 fully saturated rings. The highest BCUT2D eigenvalue weighted by Gasteiger charge is 2.53. The molecule has 0 aromatic heterocycles. The van der Waals surface area contributed by atoms with Crippen LogP contribution in [0.5, 0.6) is 0 Å². The van der Waals surface area contributed by atoms with Crippen LogP contribution in [0.25, 0.3) is 0 Å². The van der Waals surface area contributed by atoms with E-state index in [0.717, 1.165) is 12.5 Å². The van der Waals surface area contributed by atoms with E-state index in [1.54, 1.807) is 0 Å². The Morgan fingerprint density at radius 3 is 2.85 bits per heavy atom. The van der Waals surface area contributed by atoms with E-state index in [9.17, 15) is 8.78 Å². The van der Waals surface area contributed by atoms with E-state index < -0.39 is 17.2 Å². The van der Waals surface area contributed by atoms with E-state index in [1.165, 1.54) is 25.0 Å². The van der Waals surface area contributed by atoms with Crippen molar-refractivity contribution in [1.29, 1.82) is 0 Å². The number of hydrogen-bond acceptors (Lipinski definition) is 3. The average molecular weight is 281 g/mol. The van der Waals surface area contributed by atoms with Crippen molar-refractivity contribution in [3.05, 3.63) is 35.4 Å². The summed E-state index contributed by atoms with van der Waals surface area (Å²) in [5.74, 6) is -0.277. The second-order valence-electron chi connectivity index (χ2n) is 6.13. The Morgan fingerprint density at radius 1 is 1.25 bits per heavy atom. The minimum atomic E-state index is -0.677. The summed E-state index contributed by atoms with van der Waals surface area (Å²) in [6.45, 7) is 0.921. The topological polar surface area (TPSA) is 30.5 Å². The monoisotopic (exact) mass is 281 g/mol. The minimum absolute atomic E-state index is 0.168. The summed E-state index contributed by atoms with van der Waals surface area (Å²) in [7, 11) is 0. The van der Waals surface area contributed by atoms with Gasteiger partial charge < -0.3 is 9.57 Å². The summed E-state index contributed by atoms with van der Waals surface area (Å²) < 4.78 is 33.2. The first-order valence-electron chi connectivity index (χ1n) is 7.15. The van der Waals surface area contributed by atoms with E-state index >= 15 is 0 Å². The van der Waals surface area contributed by atoms with Gasteiger partial charge in [-0.1, -0.05) is 6.07 Å². The summed E-state index contributed by atoms with van der Waals surface area (Å²) in [5.41, 5.74) is 2.70. The molecule has 2 saturated heterocycles. The van der Waals surface area contributed by atoms with Gasteiger partial charge in [-0.3, -0.25) is 0 Å². The van der Waals surface area contributed by atoms with Gasteiger partial charge >= 0.3 is 0 Å². The van der Waals surface area contributed by atoms with Crippen LogP contribution in [0.3, 0.4) is 0 Å². The van der Waals surface area contributed by atoms with E-state index in [2.05, 4.69) is 5.48 Å². The number of hydroxylamine groups is 1. The number of halogens is 2. The standard InChI is InChI=1S/C15H17F2NO2/c16-11-3-4-12(13(17)6-11)15-8-19-14(9-1-2-9)5-10(15)7-20-18-15/h3-4,6,9-10,14,18H,1-2,5,7-8H2/t10-,14+,15-/m0/s1. The maximum atomic E-state index is 14.1. The zero-order valence-electron chi connectivity index (χ0n) is 11.1. The van der Waals surface area contributed by atoms with Crippen molar-refractivity contribution < 1.29 is 18.4 Å². The number of hydrogen-bond donors (Lipinski definition) is 1. The number of ether oxygens (including phenoxy) is 1. The Morgan fingerprint density at radius 2 is 2.10 bits per heavy atom. The Kier molecular flexibility index (Phi) is 2.84. The summed E-state index contributed by atoms with van der Waals surface area (Å²) in [4.78, 5) is 5.39. The second kappa shape index (κ2) is 4.48. The van der Waals surface area contributed by atoms with Crippen molar-refractivity contribution in [3.8, 4) is 0 Å². The molecule has 0 unspecified atom stereocenters. The molecule has 0 radical (unpaired) electrons. The third-order valence-corrected chi connectivity index (χ3v) is 4.84. The second-order valence-corrected chi connectivity index (χ2v) is 6.13. The highest BCUT2D eigenvalue weighted by Crippen LogP contribution is 2.47. The molecule has 108 valence electrons. The molecule has 4 rings (SSSR count). The fraction of sp³-hybridized carbons (Fsp3) is 0.600. The van der Waals surface area contributed by atoms with Crippen LogP contribution in [-0.4, -0.2) is 19.3 Å². The van der Waals surface area contributed by atoms with Crippen molar-refractivity contribution in [3.63, 3.8) is 0 Å². The molecule has 2 aliphatic heterocycles. The first-order chi connectivity index (χ1) is 9.69. The molecule has 5 heteroatoms. The van der Waals surface area contributed by atoms with Gasteiger partial charge in [-0.15, -0.1) is 0 Å². The zero-order chi connectivity index (χ0) is 13.7. The van der Waals surface area contributed by atoms with E-state index in [1.807, 2.05) is 0 Å². The molecule has 1 saturated carbocycles. The molecule has 1 aromatic carbocycles. The highest BCUT2D eigenvalue weighted by atomic mass is 19.1. The maximum Gasteiger partial charge on any atom is 0.131 e.